The summed E-state index contributed by atoms with van der Waals surface area (Å²) >= 11 is 1.60. The Balaban J connectivity index is 2.00. The van der Waals surface area contributed by atoms with Gasteiger partial charge in [-0.3, -0.25) is 0 Å². The van der Waals surface area contributed by atoms with Gasteiger partial charge in [0.15, 0.2) is 11.5 Å². The maximum absolute atomic E-state index is 5.56. The maximum Gasteiger partial charge on any atom is 0.231 e. The molecule has 5 heteroatoms. The Hall–Kier alpha value is -1.59. The summed E-state index contributed by atoms with van der Waals surface area (Å²) in [5, 5.41) is 0.957. The number of hydrogen-bond acceptors (Lipinski definition) is 5. The van der Waals surface area contributed by atoms with E-state index in [1.165, 1.54) is 0 Å². The van der Waals surface area contributed by atoms with Crippen LogP contribution in [0.25, 0.3) is 10.6 Å². The van der Waals surface area contributed by atoms with Gasteiger partial charge < -0.3 is 15.2 Å². The molecule has 0 aliphatic carbocycles. The molecule has 0 unspecified atom stereocenters. The number of nitrogens with zero attached hydrogens (tertiary/aromatic N) is 1. The lowest BCUT2D eigenvalue weighted by Gasteiger charge is -1.98. The fourth-order valence-corrected chi connectivity index (χ4v) is 2.35. The normalized spacial score (nSPS) is 13.1. The standard InChI is InChI=1S/C11H10N2O2S/c12-4-8-5-13-11(16-8)7-1-2-9-10(3-7)15-6-14-9/h1-3,5H,4,6,12H2. The number of nitrogens with two attached hydrogens (primary N) is 1. The Bertz CT molecular complexity index is 524. The van der Waals surface area contributed by atoms with E-state index in [1.807, 2.05) is 24.4 Å². The van der Waals surface area contributed by atoms with Gasteiger partial charge >= 0.3 is 0 Å². The molecular weight excluding hydrogens is 224 g/mol. The maximum atomic E-state index is 5.56. The predicted octanol–water partition coefficient (Wildman–Crippen LogP) is 2.00. The number of thiazole rings is 1. The molecule has 1 aromatic heterocycles. The third-order valence-electron chi connectivity index (χ3n) is 2.37. The van der Waals surface area contributed by atoms with Gasteiger partial charge in [0.05, 0.1) is 0 Å². The first-order valence-electron chi connectivity index (χ1n) is 4.91. The second-order valence-corrected chi connectivity index (χ2v) is 4.52. The van der Waals surface area contributed by atoms with Crippen molar-refractivity contribution in [3.8, 4) is 22.1 Å². The highest BCUT2D eigenvalue weighted by atomic mass is 32.1. The van der Waals surface area contributed by atoms with Gasteiger partial charge in [-0.15, -0.1) is 11.3 Å². The van der Waals surface area contributed by atoms with Crippen LogP contribution in [0, 0.1) is 0 Å². The van der Waals surface area contributed by atoms with Crippen LogP contribution in [0.1, 0.15) is 4.88 Å². The number of fused-ring (bicyclic) bond motifs is 1. The van der Waals surface area contributed by atoms with E-state index in [4.69, 9.17) is 15.2 Å². The van der Waals surface area contributed by atoms with E-state index in [0.717, 1.165) is 26.9 Å². The molecule has 1 aromatic carbocycles. The lowest BCUT2D eigenvalue weighted by molar-refractivity contribution is 0.174. The van der Waals surface area contributed by atoms with Crippen LogP contribution in [-0.4, -0.2) is 11.8 Å². The highest BCUT2D eigenvalue weighted by Crippen LogP contribution is 2.36. The molecule has 0 bridgehead atoms. The minimum Gasteiger partial charge on any atom is -0.454 e. The third-order valence-corrected chi connectivity index (χ3v) is 3.44. The first-order chi connectivity index (χ1) is 7.86. The number of ether oxygens (including phenoxy) is 2. The fourth-order valence-electron chi connectivity index (χ4n) is 1.56. The molecule has 3 rings (SSSR count). The first kappa shape index (κ1) is 9.62. The zero-order valence-electron chi connectivity index (χ0n) is 8.47. The van der Waals surface area contributed by atoms with E-state index < -0.39 is 0 Å². The van der Waals surface area contributed by atoms with Crippen molar-refractivity contribution >= 4 is 11.3 Å². The monoisotopic (exact) mass is 234 g/mol. The lowest BCUT2D eigenvalue weighted by atomic mass is 10.2. The topological polar surface area (TPSA) is 57.4 Å². The minimum absolute atomic E-state index is 0.296. The molecule has 0 amide bonds. The van der Waals surface area contributed by atoms with E-state index in [1.54, 1.807) is 11.3 Å². The Labute approximate surface area is 96.6 Å². The molecule has 0 atom stereocenters. The largest absolute Gasteiger partial charge is 0.454 e. The number of benzene rings is 1. The molecule has 0 saturated heterocycles. The molecule has 0 fully saturated rings. The average molecular weight is 234 g/mol. The zero-order chi connectivity index (χ0) is 11.0. The van der Waals surface area contributed by atoms with Crippen LogP contribution in [0.3, 0.4) is 0 Å². The van der Waals surface area contributed by atoms with Gasteiger partial charge in [-0.1, -0.05) is 0 Å². The van der Waals surface area contributed by atoms with Gasteiger partial charge in [0.25, 0.3) is 0 Å². The fraction of sp³-hybridized carbons (Fsp3) is 0.182. The summed E-state index contributed by atoms with van der Waals surface area (Å²) in [6.07, 6.45) is 1.81. The average Bonchev–Trinajstić information content (AvgIpc) is 2.96. The van der Waals surface area contributed by atoms with Crippen LogP contribution < -0.4 is 15.2 Å². The van der Waals surface area contributed by atoms with Crippen LogP contribution in [0.2, 0.25) is 0 Å². The van der Waals surface area contributed by atoms with Crippen molar-refractivity contribution in [3.05, 3.63) is 29.3 Å². The SMILES string of the molecule is NCc1cnc(-c2ccc3c(c2)OCO3)s1. The Morgan fingerprint density at radius 3 is 3.00 bits per heavy atom. The van der Waals surface area contributed by atoms with Crippen molar-refractivity contribution in [2.75, 3.05) is 6.79 Å². The van der Waals surface area contributed by atoms with Gasteiger partial charge in [-0.05, 0) is 18.2 Å². The smallest absolute Gasteiger partial charge is 0.231 e. The Morgan fingerprint density at radius 2 is 2.19 bits per heavy atom. The van der Waals surface area contributed by atoms with Crippen molar-refractivity contribution in [2.24, 2.45) is 5.73 Å². The van der Waals surface area contributed by atoms with Crippen molar-refractivity contribution in [3.63, 3.8) is 0 Å². The van der Waals surface area contributed by atoms with Crippen molar-refractivity contribution < 1.29 is 9.47 Å². The van der Waals surface area contributed by atoms with Crippen LogP contribution in [0.15, 0.2) is 24.4 Å². The quantitative estimate of drug-likeness (QED) is 0.863. The zero-order valence-corrected chi connectivity index (χ0v) is 9.29. The minimum atomic E-state index is 0.296. The van der Waals surface area contributed by atoms with E-state index in [0.29, 0.717) is 13.3 Å². The summed E-state index contributed by atoms with van der Waals surface area (Å²) in [5.41, 5.74) is 6.59. The molecule has 16 heavy (non-hydrogen) atoms. The molecule has 2 N–H and O–H groups in total. The molecule has 1 aliphatic rings. The van der Waals surface area contributed by atoms with Crippen LogP contribution >= 0.6 is 11.3 Å². The molecule has 4 nitrogen and oxygen atoms in total. The molecule has 0 radical (unpaired) electrons. The molecular formula is C11H10N2O2S. The third kappa shape index (κ3) is 1.54. The molecule has 2 aromatic rings. The van der Waals surface area contributed by atoms with Crippen molar-refractivity contribution in [2.45, 2.75) is 6.54 Å². The predicted molar refractivity (Wildman–Crippen MR) is 61.6 cm³/mol. The second kappa shape index (κ2) is 3.77. The number of hydrogen-bond donors (Lipinski definition) is 1. The highest BCUT2D eigenvalue weighted by Gasteiger charge is 2.14. The molecule has 0 saturated carbocycles. The summed E-state index contributed by atoms with van der Waals surface area (Å²) in [4.78, 5) is 5.40. The molecule has 2 heterocycles. The first-order valence-corrected chi connectivity index (χ1v) is 5.73. The summed E-state index contributed by atoms with van der Waals surface area (Å²) in [6.45, 7) is 0.826. The van der Waals surface area contributed by atoms with Crippen LogP contribution in [-0.2, 0) is 6.54 Å². The summed E-state index contributed by atoms with van der Waals surface area (Å²) in [6, 6.07) is 5.83. The van der Waals surface area contributed by atoms with Gasteiger partial charge in [0, 0.05) is 23.2 Å². The van der Waals surface area contributed by atoms with Gasteiger partial charge in [0.1, 0.15) is 5.01 Å². The summed E-state index contributed by atoms with van der Waals surface area (Å²) in [7, 11) is 0. The van der Waals surface area contributed by atoms with Crippen LogP contribution in [0.5, 0.6) is 11.5 Å². The molecule has 1 aliphatic heterocycles. The summed E-state index contributed by atoms with van der Waals surface area (Å²) in [5.74, 6) is 1.57. The highest BCUT2D eigenvalue weighted by molar-refractivity contribution is 7.15. The number of rotatable bonds is 2. The van der Waals surface area contributed by atoms with E-state index in [2.05, 4.69) is 4.98 Å². The lowest BCUT2D eigenvalue weighted by Crippen LogP contribution is -1.92. The Morgan fingerprint density at radius 1 is 1.31 bits per heavy atom. The van der Waals surface area contributed by atoms with Gasteiger partial charge in [-0.25, -0.2) is 4.98 Å². The molecule has 0 spiro atoms. The van der Waals surface area contributed by atoms with Crippen molar-refractivity contribution in [1.82, 2.24) is 4.98 Å². The van der Waals surface area contributed by atoms with Gasteiger partial charge in [0.2, 0.25) is 6.79 Å². The Kier molecular flexibility index (Phi) is 2.27. The van der Waals surface area contributed by atoms with E-state index in [9.17, 15) is 0 Å². The summed E-state index contributed by atoms with van der Waals surface area (Å²) < 4.78 is 10.6. The second-order valence-electron chi connectivity index (χ2n) is 3.40. The van der Waals surface area contributed by atoms with E-state index in [-0.39, 0.29) is 0 Å². The van der Waals surface area contributed by atoms with Crippen LogP contribution in [0.4, 0.5) is 0 Å². The van der Waals surface area contributed by atoms with Crippen molar-refractivity contribution in [1.29, 1.82) is 0 Å². The number of aromatic nitrogens is 1. The van der Waals surface area contributed by atoms with E-state index >= 15 is 0 Å². The van der Waals surface area contributed by atoms with Gasteiger partial charge in [-0.2, -0.15) is 0 Å². The molecule has 82 valence electrons.